The summed E-state index contributed by atoms with van der Waals surface area (Å²) in [7, 11) is 0. The Morgan fingerprint density at radius 1 is 1.26 bits per heavy atom. The summed E-state index contributed by atoms with van der Waals surface area (Å²) >= 11 is 0. The number of halogens is 1. The predicted octanol–water partition coefficient (Wildman–Crippen LogP) is 3.96. The van der Waals surface area contributed by atoms with Crippen LogP contribution < -0.4 is 5.32 Å². The van der Waals surface area contributed by atoms with Crippen LogP contribution in [0.1, 0.15) is 42.6 Å². The minimum atomic E-state index is 0. The van der Waals surface area contributed by atoms with Gasteiger partial charge in [0.15, 0.2) is 5.96 Å². The molecule has 1 unspecified atom stereocenters. The van der Waals surface area contributed by atoms with Gasteiger partial charge in [-0.3, -0.25) is 9.67 Å². The molecule has 1 aliphatic heterocycles. The average molecular weight is 481 g/mol. The molecule has 1 fully saturated rings. The standard InChI is InChI=1S/C21H31N5.HI/c1-4-22-21(23-12-8-13-26-18(3)15-17(2)24-26)25-14-11-20(16-25)19-9-6-5-7-10-19;/h5-7,9-10,15,20H,4,8,11-14,16H2,1-3H3,(H,22,23);1H. The first-order valence-corrected chi connectivity index (χ1v) is 9.76. The van der Waals surface area contributed by atoms with Crippen molar-refractivity contribution in [3.8, 4) is 0 Å². The third-order valence-electron chi connectivity index (χ3n) is 4.99. The highest BCUT2D eigenvalue weighted by Gasteiger charge is 2.25. The number of benzene rings is 1. The van der Waals surface area contributed by atoms with Crippen molar-refractivity contribution in [2.45, 2.75) is 46.1 Å². The van der Waals surface area contributed by atoms with Crippen LogP contribution >= 0.6 is 24.0 Å². The first kappa shape index (κ1) is 21.7. The lowest BCUT2D eigenvalue weighted by atomic mass is 9.99. The number of nitrogens with one attached hydrogen (secondary N) is 1. The highest BCUT2D eigenvalue weighted by molar-refractivity contribution is 14.0. The minimum Gasteiger partial charge on any atom is -0.357 e. The molecule has 5 nitrogen and oxygen atoms in total. The van der Waals surface area contributed by atoms with Gasteiger partial charge in [0, 0.05) is 44.3 Å². The number of rotatable bonds is 6. The second-order valence-electron chi connectivity index (χ2n) is 7.08. The van der Waals surface area contributed by atoms with Gasteiger partial charge in [-0.25, -0.2) is 0 Å². The maximum Gasteiger partial charge on any atom is 0.193 e. The number of aliphatic imine (C=N–C) groups is 1. The van der Waals surface area contributed by atoms with Gasteiger partial charge in [0.25, 0.3) is 0 Å². The molecule has 0 bridgehead atoms. The first-order chi connectivity index (χ1) is 12.7. The SMILES string of the molecule is CCNC(=NCCCn1nc(C)cc1C)N1CCC(c2ccccc2)C1.I. The van der Waals surface area contributed by atoms with Crippen molar-refractivity contribution in [3.05, 3.63) is 53.3 Å². The summed E-state index contributed by atoms with van der Waals surface area (Å²) in [6.07, 6.45) is 2.20. The molecular weight excluding hydrogens is 449 g/mol. The highest BCUT2D eigenvalue weighted by Crippen LogP contribution is 2.26. The summed E-state index contributed by atoms with van der Waals surface area (Å²) < 4.78 is 2.08. The molecule has 0 aliphatic carbocycles. The van der Waals surface area contributed by atoms with Crippen LogP contribution in [0.25, 0.3) is 0 Å². The number of hydrogen-bond donors (Lipinski definition) is 1. The van der Waals surface area contributed by atoms with Crippen LogP contribution in [0, 0.1) is 13.8 Å². The van der Waals surface area contributed by atoms with Crippen molar-refractivity contribution in [3.63, 3.8) is 0 Å². The van der Waals surface area contributed by atoms with Crippen LogP contribution in [0.2, 0.25) is 0 Å². The van der Waals surface area contributed by atoms with E-state index in [9.17, 15) is 0 Å². The smallest absolute Gasteiger partial charge is 0.193 e. The maximum atomic E-state index is 4.87. The lowest BCUT2D eigenvalue weighted by Crippen LogP contribution is -2.40. The second-order valence-corrected chi connectivity index (χ2v) is 7.08. The number of likely N-dealkylation sites (tertiary alicyclic amines) is 1. The molecule has 3 rings (SSSR count). The Labute approximate surface area is 180 Å². The van der Waals surface area contributed by atoms with Crippen molar-refractivity contribution >= 4 is 29.9 Å². The molecule has 1 aromatic carbocycles. The summed E-state index contributed by atoms with van der Waals surface area (Å²) in [6.45, 7) is 11.1. The number of nitrogens with zero attached hydrogens (tertiary/aromatic N) is 4. The molecule has 2 heterocycles. The molecule has 148 valence electrons. The molecule has 27 heavy (non-hydrogen) atoms. The second kappa shape index (κ2) is 10.7. The molecule has 2 aromatic rings. The maximum absolute atomic E-state index is 4.87. The van der Waals surface area contributed by atoms with Gasteiger partial charge in [-0.1, -0.05) is 30.3 Å². The van der Waals surface area contributed by atoms with Crippen LogP contribution in [-0.4, -0.2) is 46.8 Å². The number of guanidine groups is 1. The molecule has 0 saturated carbocycles. The van der Waals surface area contributed by atoms with E-state index in [0.717, 1.165) is 50.8 Å². The van der Waals surface area contributed by atoms with Gasteiger partial charge in [-0.15, -0.1) is 24.0 Å². The van der Waals surface area contributed by atoms with Crippen molar-refractivity contribution in [2.75, 3.05) is 26.2 Å². The zero-order valence-electron chi connectivity index (χ0n) is 16.7. The van der Waals surface area contributed by atoms with Gasteiger partial charge in [-0.05, 0) is 45.2 Å². The van der Waals surface area contributed by atoms with Crippen LogP contribution in [0.5, 0.6) is 0 Å². The summed E-state index contributed by atoms with van der Waals surface area (Å²) in [5, 5.41) is 7.99. The molecule has 0 radical (unpaired) electrons. The zero-order valence-corrected chi connectivity index (χ0v) is 19.0. The minimum absolute atomic E-state index is 0. The van der Waals surface area contributed by atoms with Crippen molar-refractivity contribution in [1.82, 2.24) is 20.0 Å². The molecule has 1 aliphatic rings. The fraction of sp³-hybridized carbons (Fsp3) is 0.524. The van der Waals surface area contributed by atoms with E-state index in [1.165, 1.54) is 17.7 Å². The van der Waals surface area contributed by atoms with E-state index in [2.05, 4.69) is 70.2 Å². The molecule has 1 N–H and O–H groups in total. The largest absolute Gasteiger partial charge is 0.357 e. The highest BCUT2D eigenvalue weighted by atomic mass is 127. The van der Waals surface area contributed by atoms with E-state index in [4.69, 9.17) is 4.99 Å². The third kappa shape index (κ3) is 5.96. The molecule has 0 spiro atoms. The monoisotopic (exact) mass is 481 g/mol. The van der Waals surface area contributed by atoms with Crippen LogP contribution in [0.15, 0.2) is 41.4 Å². The summed E-state index contributed by atoms with van der Waals surface area (Å²) in [6, 6.07) is 13.0. The Kier molecular flexibility index (Phi) is 8.60. The van der Waals surface area contributed by atoms with Gasteiger partial charge >= 0.3 is 0 Å². The van der Waals surface area contributed by atoms with Gasteiger partial charge in [0.05, 0.1) is 5.69 Å². The molecule has 1 saturated heterocycles. The summed E-state index contributed by atoms with van der Waals surface area (Å²) in [5.41, 5.74) is 3.75. The Morgan fingerprint density at radius 2 is 2.04 bits per heavy atom. The number of aryl methyl sites for hydroxylation is 3. The predicted molar refractivity (Wildman–Crippen MR) is 123 cm³/mol. The summed E-state index contributed by atoms with van der Waals surface area (Å²) in [4.78, 5) is 7.27. The van der Waals surface area contributed by atoms with E-state index >= 15 is 0 Å². The molecular formula is C21H32IN5. The zero-order chi connectivity index (χ0) is 18.4. The average Bonchev–Trinajstić information content (AvgIpc) is 3.25. The van der Waals surface area contributed by atoms with E-state index in [0.29, 0.717) is 5.92 Å². The normalized spacial score (nSPS) is 17.1. The van der Waals surface area contributed by atoms with Crippen LogP contribution in [0.3, 0.4) is 0 Å². The topological polar surface area (TPSA) is 45.5 Å². The molecule has 0 amide bonds. The first-order valence-electron chi connectivity index (χ1n) is 9.76. The van der Waals surface area contributed by atoms with Crippen LogP contribution in [-0.2, 0) is 6.54 Å². The van der Waals surface area contributed by atoms with E-state index in [1.54, 1.807) is 0 Å². The van der Waals surface area contributed by atoms with E-state index < -0.39 is 0 Å². The lowest BCUT2D eigenvalue weighted by Gasteiger charge is -2.21. The quantitative estimate of drug-likeness (QED) is 0.294. The van der Waals surface area contributed by atoms with Gasteiger partial charge in [0.2, 0.25) is 0 Å². The van der Waals surface area contributed by atoms with E-state index in [1.807, 2.05) is 6.92 Å². The van der Waals surface area contributed by atoms with Crippen LogP contribution in [0.4, 0.5) is 0 Å². The van der Waals surface area contributed by atoms with Gasteiger partial charge < -0.3 is 10.2 Å². The molecule has 6 heteroatoms. The Bertz CT molecular complexity index is 725. The number of hydrogen-bond acceptors (Lipinski definition) is 2. The fourth-order valence-electron chi connectivity index (χ4n) is 3.68. The lowest BCUT2D eigenvalue weighted by molar-refractivity contribution is 0.483. The molecule has 1 aromatic heterocycles. The van der Waals surface area contributed by atoms with Crippen molar-refractivity contribution in [2.24, 2.45) is 4.99 Å². The van der Waals surface area contributed by atoms with Crippen molar-refractivity contribution in [1.29, 1.82) is 0 Å². The van der Waals surface area contributed by atoms with Gasteiger partial charge in [0.1, 0.15) is 0 Å². The van der Waals surface area contributed by atoms with Gasteiger partial charge in [-0.2, -0.15) is 5.10 Å². The van der Waals surface area contributed by atoms with E-state index in [-0.39, 0.29) is 24.0 Å². The number of aromatic nitrogens is 2. The van der Waals surface area contributed by atoms with Crippen molar-refractivity contribution < 1.29 is 0 Å². The Hall–Kier alpha value is -1.57. The Morgan fingerprint density at radius 3 is 2.70 bits per heavy atom. The summed E-state index contributed by atoms with van der Waals surface area (Å²) in [5.74, 6) is 1.66. The third-order valence-corrected chi connectivity index (χ3v) is 4.99. The fourth-order valence-corrected chi connectivity index (χ4v) is 3.68. The Balaban J connectivity index is 0.00000261. The molecule has 1 atom stereocenters.